The molecule has 0 radical (unpaired) electrons. The SMILES string of the molecule is CCOc1ccccc1NCCC(=O)N1CCN(c2ccccn2)CC1. The van der Waals surface area contributed by atoms with Crippen molar-refractivity contribution >= 4 is 17.4 Å². The number of anilines is 2. The summed E-state index contributed by atoms with van der Waals surface area (Å²) < 4.78 is 5.60. The van der Waals surface area contributed by atoms with Crippen molar-refractivity contribution in [3.8, 4) is 5.75 Å². The lowest BCUT2D eigenvalue weighted by Crippen LogP contribution is -2.49. The summed E-state index contributed by atoms with van der Waals surface area (Å²) in [5.41, 5.74) is 0.933. The first-order valence-corrected chi connectivity index (χ1v) is 9.17. The van der Waals surface area contributed by atoms with Crippen LogP contribution in [-0.2, 0) is 4.79 Å². The molecule has 2 aromatic rings. The predicted octanol–water partition coefficient (Wildman–Crippen LogP) is 2.63. The quantitative estimate of drug-likeness (QED) is 0.828. The van der Waals surface area contributed by atoms with Crippen LogP contribution in [0.3, 0.4) is 0 Å². The van der Waals surface area contributed by atoms with Crippen molar-refractivity contribution in [3.05, 3.63) is 48.7 Å². The average Bonchev–Trinajstić information content (AvgIpc) is 2.70. The zero-order chi connectivity index (χ0) is 18.2. The molecule has 1 aromatic carbocycles. The second kappa shape index (κ2) is 9.08. The molecular formula is C20H26N4O2. The van der Waals surface area contributed by atoms with Gasteiger partial charge in [0.2, 0.25) is 5.91 Å². The normalized spacial score (nSPS) is 14.2. The molecule has 1 N–H and O–H groups in total. The van der Waals surface area contributed by atoms with Crippen LogP contribution < -0.4 is 15.0 Å². The van der Waals surface area contributed by atoms with Crippen LogP contribution in [-0.4, -0.2) is 55.1 Å². The number of piperazine rings is 1. The van der Waals surface area contributed by atoms with E-state index in [2.05, 4.69) is 15.2 Å². The lowest BCUT2D eigenvalue weighted by molar-refractivity contribution is -0.131. The first kappa shape index (κ1) is 18.0. The molecule has 1 aliphatic heterocycles. The van der Waals surface area contributed by atoms with Gasteiger partial charge in [-0.3, -0.25) is 4.79 Å². The first-order valence-electron chi connectivity index (χ1n) is 9.17. The van der Waals surface area contributed by atoms with E-state index in [1.165, 1.54) is 0 Å². The molecule has 1 aliphatic rings. The second-order valence-electron chi connectivity index (χ2n) is 6.16. The van der Waals surface area contributed by atoms with E-state index in [4.69, 9.17) is 4.74 Å². The van der Waals surface area contributed by atoms with E-state index in [9.17, 15) is 4.79 Å². The Hall–Kier alpha value is -2.76. The Kier molecular flexibility index (Phi) is 6.30. The van der Waals surface area contributed by atoms with Crippen LogP contribution in [0.4, 0.5) is 11.5 Å². The Labute approximate surface area is 154 Å². The van der Waals surface area contributed by atoms with E-state index in [0.29, 0.717) is 19.6 Å². The largest absolute Gasteiger partial charge is 0.492 e. The number of hydrogen-bond donors (Lipinski definition) is 1. The van der Waals surface area contributed by atoms with Crippen molar-refractivity contribution in [1.29, 1.82) is 0 Å². The molecule has 0 atom stereocenters. The van der Waals surface area contributed by atoms with Gasteiger partial charge in [0.05, 0.1) is 12.3 Å². The Morgan fingerprint density at radius 1 is 1.12 bits per heavy atom. The lowest BCUT2D eigenvalue weighted by Gasteiger charge is -2.35. The van der Waals surface area contributed by atoms with Gasteiger partial charge in [-0.1, -0.05) is 18.2 Å². The van der Waals surface area contributed by atoms with E-state index in [0.717, 1.165) is 43.4 Å². The van der Waals surface area contributed by atoms with Crippen LogP contribution in [0.25, 0.3) is 0 Å². The van der Waals surface area contributed by atoms with Gasteiger partial charge in [0.1, 0.15) is 11.6 Å². The van der Waals surface area contributed by atoms with E-state index in [1.807, 2.05) is 54.3 Å². The summed E-state index contributed by atoms with van der Waals surface area (Å²) in [7, 11) is 0. The van der Waals surface area contributed by atoms with Crippen molar-refractivity contribution < 1.29 is 9.53 Å². The molecule has 1 amide bonds. The van der Waals surface area contributed by atoms with Gasteiger partial charge < -0.3 is 19.9 Å². The number of aromatic nitrogens is 1. The lowest BCUT2D eigenvalue weighted by atomic mass is 10.2. The smallest absolute Gasteiger partial charge is 0.224 e. The van der Waals surface area contributed by atoms with Gasteiger partial charge in [-0.25, -0.2) is 4.98 Å². The highest BCUT2D eigenvalue weighted by Gasteiger charge is 2.21. The Bertz CT molecular complexity index is 700. The average molecular weight is 354 g/mol. The number of para-hydroxylation sites is 2. The number of nitrogens with zero attached hydrogens (tertiary/aromatic N) is 3. The number of hydrogen-bond acceptors (Lipinski definition) is 5. The molecule has 1 saturated heterocycles. The van der Waals surface area contributed by atoms with Crippen LogP contribution in [0, 0.1) is 0 Å². The minimum Gasteiger partial charge on any atom is -0.492 e. The highest BCUT2D eigenvalue weighted by molar-refractivity contribution is 5.77. The van der Waals surface area contributed by atoms with Gasteiger partial charge >= 0.3 is 0 Å². The fourth-order valence-electron chi connectivity index (χ4n) is 3.08. The summed E-state index contributed by atoms with van der Waals surface area (Å²) in [5.74, 6) is 1.99. The van der Waals surface area contributed by atoms with E-state index >= 15 is 0 Å². The number of rotatable bonds is 7. The van der Waals surface area contributed by atoms with Crippen molar-refractivity contribution in [2.75, 3.05) is 49.5 Å². The van der Waals surface area contributed by atoms with Crippen LogP contribution in [0.1, 0.15) is 13.3 Å². The highest BCUT2D eigenvalue weighted by Crippen LogP contribution is 2.23. The maximum absolute atomic E-state index is 12.5. The first-order chi connectivity index (χ1) is 12.8. The zero-order valence-corrected chi connectivity index (χ0v) is 15.2. The summed E-state index contributed by atoms with van der Waals surface area (Å²) in [6.07, 6.45) is 2.28. The van der Waals surface area contributed by atoms with Crippen LogP contribution >= 0.6 is 0 Å². The monoisotopic (exact) mass is 354 g/mol. The van der Waals surface area contributed by atoms with Crippen molar-refractivity contribution in [2.45, 2.75) is 13.3 Å². The summed E-state index contributed by atoms with van der Waals surface area (Å²) in [5, 5.41) is 3.31. The third-order valence-corrected chi connectivity index (χ3v) is 4.45. The van der Waals surface area contributed by atoms with E-state index in [-0.39, 0.29) is 5.91 Å². The highest BCUT2D eigenvalue weighted by atomic mass is 16.5. The second-order valence-corrected chi connectivity index (χ2v) is 6.16. The molecule has 0 bridgehead atoms. The number of amides is 1. The molecule has 0 saturated carbocycles. The maximum Gasteiger partial charge on any atom is 0.224 e. The van der Waals surface area contributed by atoms with Gasteiger partial charge in [0.25, 0.3) is 0 Å². The molecule has 0 spiro atoms. The van der Waals surface area contributed by atoms with Crippen LogP contribution in [0.5, 0.6) is 5.75 Å². The van der Waals surface area contributed by atoms with Crippen molar-refractivity contribution in [3.63, 3.8) is 0 Å². The molecular weight excluding hydrogens is 328 g/mol. The Morgan fingerprint density at radius 3 is 2.62 bits per heavy atom. The number of pyridine rings is 1. The third kappa shape index (κ3) is 4.65. The zero-order valence-electron chi connectivity index (χ0n) is 15.2. The molecule has 1 aromatic heterocycles. The number of benzene rings is 1. The minimum atomic E-state index is 0.187. The standard InChI is InChI=1S/C20H26N4O2/c1-2-26-18-8-4-3-7-17(18)21-12-10-20(25)24-15-13-23(14-16-24)19-9-5-6-11-22-19/h3-9,11,21H,2,10,12-16H2,1H3. The summed E-state index contributed by atoms with van der Waals surface area (Å²) in [4.78, 5) is 21.0. The number of ether oxygens (including phenoxy) is 1. The summed E-state index contributed by atoms with van der Waals surface area (Å²) in [6, 6.07) is 13.7. The van der Waals surface area contributed by atoms with Gasteiger partial charge in [0, 0.05) is 45.3 Å². The Morgan fingerprint density at radius 2 is 1.88 bits per heavy atom. The predicted molar refractivity (Wildman–Crippen MR) is 104 cm³/mol. The van der Waals surface area contributed by atoms with Crippen LogP contribution in [0.15, 0.2) is 48.7 Å². The molecule has 1 fully saturated rings. The molecule has 138 valence electrons. The summed E-state index contributed by atoms with van der Waals surface area (Å²) in [6.45, 7) is 6.31. The molecule has 0 unspecified atom stereocenters. The Balaban J connectivity index is 1.44. The maximum atomic E-state index is 12.5. The number of carbonyl (C=O) groups excluding carboxylic acids is 1. The van der Waals surface area contributed by atoms with Gasteiger partial charge in [-0.15, -0.1) is 0 Å². The fourth-order valence-corrected chi connectivity index (χ4v) is 3.08. The van der Waals surface area contributed by atoms with Gasteiger partial charge in [-0.05, 0) is 31.2 Å². The molecule has 26 heavy (non-hydrogen) atoms. The fraction of sp³-hybridized carbons (Fsp3) is 0.400. The van der Waals surface area contributed by atoms with E-state index < -0.39 is 0 Å². The molecule has 6 heteroatoms. The molecule has 6 nitrogen and oxygen atoms in total. The number of carbonyl (C=O) groups is 1. The third-order valence-electron chi connectivity index (χ3n) is 4.45. The van der Waals surface area contributed by atoms with E-state index in [1.54, 1.807) is 6.20 Å². The minimum absolute atomic E-state index is 0.187. The molecule has 0 aliphatic carbocycles. The topological polar surface area (TPSA) is 57.7 Å². The van der Waals surface area contributed by atoms with Gasteiger partial charge in [0.15, 0.2) is 0 Å². The molecule has 2 heterocycles. The summed E-state index contributed by atoms with van der Waals surface area (Å²) >= 11 is 0. The van der Waals surface area contributed by atoms with Gasteiger partial charge in [-0.2, -0.15) is 0 Å². The van der Waals surface area contributed by atoms with Crippen molar-refractivity contribution in [2.24, 2.45) is 0 Å². The molecule has 3 rings (SSSR count). The van der Waals surface area contributed by atoms with Crippen LogP contribution in [0.2, 0.25) is 0 Å². The number of nitrogens with one attached hydrogen (secondary N) is 1. The van der Waals surface area contributed by atoms with Crippen molar-refractivity contribution in [1.82, 2.24) is 9.88 Å².